The molecule has 0 atom stereocenters. The maximum atomic E-state index is 12.5. The Kier molecular flexibility index (Phi) is 2.80. The summed E-state index contributed by atoms with van der Waals surface area (Å²) in [5.74, 6) is -0.448. The van der Waals surface area contributed by atoms with Crippen LogP contribution >= 0.6 is 0 Å². The minimum Gasteiger partial charge on any atom is -0.383 e. The van der Waals surface area contributed by atoms with Crippen molar-refractivity contribution < 1.29 is 4.39 Å². The van der Waals surface area contributed by atoms with Gasteiger partial charge >= 0.3 is 0 Å². The fraction of sp³-hybridized carbons (Fsp3) is 0.222. The molecule has 0 aromatic carbocycles. The van der Waals surface area contributed by atoms with Crippen molar-refractivity contribution in [3.05, 3.63) is 36.0 Å². The van der Waals surface area contributed by atoms with E-state index in [1.807, 2.05) is 25.2 Å². The zero-order chi connectivity index (χ0) is 8.97. The maximum Gasteiger partial charge on any atom is 0.213 e. The van der Waals surface area contributed by atoms with Crippen LogP contribution in [-0.4, -0.2) is 24.0 Å². The molecule has 0 aliphatic carbocycles. The number of nitrogens with zero attached hydrogens (tertiary/aromatic N) is 2. The summed E-state index contributed by atoms with van der Waals surface area (Å²) >= 11 is 0. The Morgan fingerprint density at radius 2 is 2.17 bits per heavy atom. The molecular formula is C9H11FN2. The molecular weight excluding hydrogens is 155 g/mol. The second kappa shape index (κ2) is 3.85. The summed E-state index contributed by atoms with van der Waals surface area (Å²) in [7, 11) is 3.80. The van der Waals surface area contributed by atoms with E-state index >= 15 is 0 Å². The Balaban J connectivity index is 2.76. The third-order valence-electron chi connectivity index (χ3n) is 1.28. The van der Waals surface area contributed by atoms with Crippen molar-refractivity contribution in [3.63, 3.8) is 0 Å². The molecule has 2 nitrogen and oxygen atoms in total. The van der Waals surface area contributed by atoms with Crippen LogP contribution in [0.1, 0.15) is 5.69 Å². The molecule has 64 valence electrons. The first-order chi connectivity index (χ1) is 5.68. The van der Waals surface area contributed by atoms with Gasteiger partial charge in [0.25, 0.3) is 0 Å². The van der Waals surface area contributed by atoms with Crippen LogP contribution in [0, 0.1) is 5.95 Å². The molecule has 0 aliphatic heterocycles. The lowest BCUT2D eigenvalue weighted by Crippen LogP contribution is -2.00. The zero-order valence-corrected chi connectivity index (χ0v) is 7.16. The average Bonchev–Trinajstić information content (AvgIpc) is 2.01. The first kappa shape index (κ1) is 8.71. The van der Waals surface area contributed by atoms with E-state index in [-0.39, 0.29) is 0 Å². The van der Waals surface area contributed by atoms with Gasteiger partial charge in [-0.15, -0.1) is 0 Å². The van der Waals surface area contributed by atoms with Gasteiger partial charge in [0.05, 0.1) is 5.69 Å². The lowest BCUT2D eigenvalue weighted by Gasteiger charge is -2.02. The number of hydrogen-bond donors (Lipinski definition) is 0. The predicted octanol–water partition coefficient (Wildman–Crippen LogP) is 1.75. The highest BCUT2D eigenvalue weighted by molar-refractivity contribution is 5.43. The van der Waals surface area contributed by atoms with Crippen LogP contribution < -0.4 is 0 Å². The zero-order valence-electron chi connectivity index (χ0n) is 7.16. The van der Waals surface area contributed by atoms with Crippen LogP contribution in [0.4, 0.5) is 4.39 Å². The highest BCUT2D eigenvalue weighted by atomic mass is 19.1. The van der Waals surface area contributed by atoms with E-state index in [4.69, 9.17) is 0 Å². The quantitative estimate of drug-likeness (QED) is 0.622. The summed E-state index contributed by atoms with van der Waals surface area (Å²) in [4.78, 5) is 5.53. The summed E-state index contributed by atoms with van der Waals surface area (Å²) in [5.41, 5.74) is 0.628. The van der Waals surface area contributed by atoms with Gasteiger partial charge < -0.3 is 4.90 Å². The molecule has 0 fully saturated rings. The summed E-state index contributed by atoms with van der Waals surface area (Å²) < 4.78 is 12.5. The van der Waals surface area contributed by atoms with Gasteiger partial charge in [0.1, 0.15) is 0 Å². The first-order valence-corrected chi connectivity index (χ1v) is 3.65. The smallest absolute Gasteiger partial charge is 0.213 e. The van der Waals surface area contributed by atoms with Crippen LogP contribution in [0.2, 0.25) is 0 Å². The molecule has 0 bridgehead atoms. The van der Waals surface area contributed by atoms with E-state index < -0.39 is 5.95 Å². The Morgan fingerprint density at radius 1 is 1.42 bits per heavy atom. The second-order valence-electron chi connectivity index (χ2n) is 2.66. The molecule has 0 aliphatic rings. The van der Waals surface area contributed by atoms with Gasteiger partial charge in [-0.3, -0.25) is 0 Å². The fourth-order valence-electron chi connectivity index (χ4n) is 0.742. The third kappa shape index (κ3) is 2.70. The van der Waals surface area contributed by atoms with Crippen molar-refractivity contribution in [1.82, 2.24) is 9.88 Å². The van der Waals surface area contributed by atoms with Crippen LogP contribution in [0.3, 0.4) is 0 Å². The molecule has 12 heavy (non-hydrogen) atoms. The van der Waals surface area contributed by atoms with Gasteiger partial charge in [-0.25, -0.2) is 4.98 Å². The molecule has 3 heteroatoms. The molecule has 0 spiro atoms. The lowest BCUT2D eigenvalue weighted by molar-refractivity contribution is 0.566. The van der Waals surface area contributed by atoms with Gasteiger partial charge in [-0.1, -0.05) is 6.07 Å². The number of pyridine rings is 1. The summed E-state index contributed by atoms with van der Waals surface area (Å²) in [6.07, 6.45) is 3.57. The van der Waals surface area contributed by atoms with E-state index in [1.165, 1.54) is 6.07 Å². The van der Waals surface area contributed by atoms with Gasteiger partial charge in [0.2, 0.25) is 5.95 Å². The first-order valence-electron chi connectivity index (χ1n) is 3.65. The van der Waals surface area contributed by atoms with E-state index in [2.05, 4.69) is 4.98 Å². The number of aromatic nitrogens is 1. The van der Waals surface area contributed by atoms with Gasteiger partial charge in [0.15, 0.2) is 0 Å². The van der Waals surface area contributed by atoms with Crippen LogP contribution in [0.15, 0.2) is 24.4 Å². The summed E-state index contributed by atoms with van der Waals surface area (Å²) in [5, 5.41) is 0. The van der Waals surface area contributed by atoms with Gasteiger partial charge in [0, 0.05) is 20.3 Å². The standard InChI is InChI=1S/C9H11FN2/c1-12(2)7-6-8-4-3-5-9(10)11-8/h3-7H,1-2H3. The Morgan fingerprint density at radius 3 is 2.75 bits per heavy atom. The Labute approximate surface area is 71.3 Å². The van der Waals surface area contributed by atoms with E-state index in [0.29, 0.717) is 5.69 Å². The maximum absolute atomic E-state index is 12.5. The second-order valence-corrected chi connectivity index (χ2v) is 2.66. The van der Waals surface area contributed by atoms with Gasteiger partial charge in [-0.05, 0) is 18.2 Å². The SMILES string of the molecule is CN(C)C=Cc1cccc(F)n1. The molecule has 1 aromatic rings. The minimum atomic E-state index is -0.448. The van der Waals surface area contributed by atoms with E-state index in [0.717, 1.165) is 0 Å². The van der Waals surface area contributed by atoms with Crippen molar-refractivity contribution >= 4 is 6.08 Å². The van der Waals surface area contributed by atoms with Gasteiger partial charge in [-0.2, -0.15) is 4.39 Å². The summed E-state index contributed by atoms with van der Waals surface area (Å²) in [6.45, 7) is 0. The largest absolute Gasteiger partial charge is 0.383 e. The van der Waals surface area contributed by atoms with Crippen molar-refractivity contribution in [1.29, 1.82) is 0 Å². The average molecular weight is 166 g/mol. The number of hydrogen-bond acceptors (Lipinski definition) is 2. The van der Waals surface area contributed by atoms with Crippen molar-refractivity contribution in [3.8, 4) is 0 Å². The molecule has 0 saturated heterocycles. The van der Waals surface area contributed by atoms with Crippen molar-refractivity contribution in [2.45, 2.75) is 0 Å². The summed E-state index contributed by atoms with van der Waals surface area (Å²) in [6, 6.07) is 4.72. The third-order valence-corrected chi connectivity index (χ3v) is 1.28. The topological polar surface area (TPSA) is 16.1 Å². The monoisotopic (exact) mass is 166 g/mol. The number of halogens is 1. The molecule has 0 radical (unpaired) electrons. The van der Waals surface area contributed by atoms with Crippen molar-refractivity contribution in [2.24, 2.45) is 0 Å². The van der Waals surface area contributed by atoms with Crippen LogP contribution in [0.5, 0.6) is 0 Å². The number of rotatable bonds is 2. The Bertz CT molecular complexity index is 282. The molecule has 0 N–H and O–H groups in total. The normalized spacial score (nSPS) is 10.6. The van der Waals surface area contributed by atoms with E-state index in [9.17, 15) is 4.39 Å². The van der Waals surface area contributed by atoms with Crippen LogP contribution in [-0.2, 0) is 0 Å². The molecule has 0 saturated carbocycles. The van der Waals surface area contributed by atoms with E-state index in [1.54, 1.807) is 18.2 Å². The molecule has 1 heterocycles. The predicted molar refractivity (Wildman–Crippen MR) is 46.9 cm³/mol. The lowest BCUT2D eigenvalue weighted by atomic mass is 10.3. The molecule has 1 rings (SSSR count). The Hall–Kier alpha value is -1.38. The highest BCUT2D eigenvalue weighted by Crippen LogP contribution is 1.99. The van der Waals surface area contributed by atoms with Crippen molar-refractivity contribution in [2.75, 3.05) is 14.1 Å². The minimum absolute atomic E-state index is 0.448. The molecule has 0 amide bonds. The molecule has 1 aromatic heterocycles. The highest BCUT2D eigenvalue weighted by Gasteiger charge is 1.90. The van der Waals surface area contributed by atoms with Crippen LogP contribution in [0.25, 0.3) is 6.08 Å². The fourth-order valence-corrected chi connectivity index (χ4v) is 0.742. The molecule has 0 unspecified atom stereocenters.